The Balaban J connectivity index is 1.78. The number of anilines is 2. The molecule has 10 heteroatoms. The number of nitrogens with one attached hydrogen (secondary N) is 1. The van der Waals surface area contributed by atoms with E-state index in [9.17, 15) is 0 Å². The third-order valence-electron chi connectivity index (χ3n) is 4.04. The van der Waals surface area contributed by atoms with Gasteiger partial charge in [-0.1, -0.05) is 30.0 Å². The molecule has 0 saturated heterocycles. The minimum atomic E-state index is 0.210. The normalized spacial score (nSPS) is 11.1. The van der Waals surface area contributed by atoms with Crippen LogP contribution >= 0.6 is 24.0 Å². The lowest BCUT2D eigenvalue weighted by atomic mass is 10.3. The predicted octanol–water partition coefficient (Wildman–Crippen LogP) is 3.99. The molecule has 0 unspecified atom stereocenters. The summed E-state index contributed by atoms with van der Waals surface area (Å²) in [6.07, 6.45) is 1.77. The lowest BCUT2D eigenvalue weighted by Gasteiger charge is -2.07. The highest BCUT2D eigenvalue weighted by atomic mass is 32.2. The fraction of sp³-hybridized carbons (Fsp3) is 0.167. The van der Waals surface area contributed by atoms with Crippen LogP contribution in [0.2, 0.25) is 0 Å². The molecule has 1 aromatic carbocycles. The van der Waals surface area contributed by atoms with E-state index in [-0.39, 0.29) is 5.82 Å². The molecule has 0 amide bonds. The van der Waals surface area contributed by atoms with Crippen LogP contribution in [-0.4, -0.2) is 29.8 Å². The standard InChI is InChI=1S/C18H17N7OS2/c1-3-25-13-7-8-20-18(14(13)22-17(25)15-16(19)24-26-23-15)28-12-6-4-5-11(9-12)21-10(2)27/h4-9H,3H2,1-2H3,(H2,19,24)(H,21,27). The van der Waals surface area contributed by atoms with E-state index in [1.54, 1.807) is 6.20 Å². The minimum Gasteiger partial charge on any atom is -0.379 e. The Morgan fingerprint density at radius 2 is 2.18 bits per heavy atom. The van der Waals surface area contributed by atoms with Gasteiger partial charge >= 0.3 is 0 Å². The van der Waals surface area contributed by atoms with Crippen LogP contribution in [0, 0.1) is 0 Å². The number of hydrogen-bond donors (Lipinski definition) is 2. The fourth-order valence-electron chi connectivity index (χ4n) is 2.91. The molecule has 0 fully saturated rings. The number of nitrogens with zero attached hydrogens (tertiary/aromatic N) is 5. The zero-order chi connectivity index (χ0) is 19.7. The first-order chi connectivity index (χ1) is 13.6. The number of aryl methyl sites for hydroxylation is 1. The molecule has 0 radical (unpaired) electrons. The Kier molecular flexibility index (Phi) is 4.97. The van der Waals surface area contributed by atoms with Crippen LogP contribution in [0.3, 0.4) is 0 Å². The molecule has 4 rings (SSSR count). The largest absolute Gasteiger partial charge is 0.379 e. The minimum absolute atomic E-state index is 0.210. The maximum atomic E-state index is 5.88. The quantitative estimate of drug-likeness (QED) is 0.471. The summed E-state index contributed by atoms with van der Waals surface area (Å²) in [6.45, 7) is 4.57. The smallest absolute Gasteiger partial charge is 0.199 e. The lowest BCUT2D eigenvalue weighted by molar-refractivity contribution is 0.310. The third-order valence-corrected chi connectivity index (χ3v) is 5.13. The second kappa shape index (κ2) is 7.56. The summed E-state index contributed by atoms with van der Waals surface area (Å²) in [4.78, 5) is 11.0. The van der Waals surface area contributed by atoms with Gasteiger partial charge in [-0.3, -0.25) is 0 Å². The number of aromatic nitrogens is 5. The molecule has 0 saturated carbocycles. The molecule has 28 heavy (non-hydrogen) atoms. The number of benzene rings is 1. The summed E-state index contributed by atoms with van der Waals surface area (Å²) in [5.74, 6) is 0.819. The molecule has 0 aliphatic carbocycles. The molecule has 8 nitrogen and oxygen atoms in total. The van der Waals surface area contributed by atoms with Gasteiger partial charge in [0, 0.05) is 23.3 Å². The average Bonchev–Trinajstić information content (AvgIpc) is 3.24. The second-order valence-electron chi connectivity index (χ2n) is 5.97. The first-order valence-electron chi connectivity index (χ1n) is 8.56. The Bertz CT molecular complexity index is 1170. The van der Waals surface area contributed by atoms with E-state index in [0.29, 0.717) is 23.1 Å². The number of thiocarbonyl (C=S) groups is 1. The Hall–Kier alpha value is -2.98. The number of pyridine rings is 1. The number of nitrogen functional groups attached to an aromatic ring is 1. The van der Waals surface area contributed by atoms with Gasteiger partial charge in [-0.2, -0.15) is 0 Å². The number of imidazole rings is 1. The summed E-state index contributed by atoms with van der Waals surface area (Å²) in [5, 5.41) is 11.5. The zero-order valence-corrected chi connectivity index (χ0v) is 16.8. The molecule has 3 heterocycles. The van der Waals surface area contributed by atoms with Crippen molar-refractivity contribution in [3.05, 3.63) is 36.5 Å². The van der Waals surface area contributed by atoms with Crippen molar-refractivity contribution in [2.24, 2.45) is 0 Å². The highest BCUT2D eigenvalue weighted by Gasteiger charge is 2.20. The van der Waals surface area contributed by atoms with Crippen LogP contribution in [-0.2, 0) is 6.54 Å². The van der Waals surface area contributed by atoms with Gasteiger partial charge in [-0.05, 0) is 48.4 Å². The van der Waals surface area contributed by atoms with Gasteiger partial charge in [-0.15, -0.1) is 0 Å². The summed E-state index contributed by atoms with van der Waals surface area (Å²) < 4.78 is 6.77. The van der Waals surface area contributed by atoms with Crippen LogP contribution in [0.4, 0.5) is 11.5 Å². The van der Waals surface area contributed by atoms with Gasteiger partial charge in [0.25, 0.3) is 0 Å². The first kappa shape index (κ1) is 18.4. The van der Waals surface area contributed by atoms with Crippen molar-refractivity contribution in [1.82, 2.24) is 24.8 Å². The van der Waals surface area contributed by atoms with Crippen LogP contribution in [0.15, 0.2) is 51.1 Å². The molecule has 3 aromatic heterocycles. The summed E-state index contributed by atoms with van der Waals surface area (Å²) >= 11 is 6.65. The fourth-order valence-corrected chi connectivity index (χ4v) is 3.94. The highest BCUT2D eigenvalue weighted by Crippen LogP contribution is 2.35. The van der Waals surface area contributed by atoms with Crippen molar-refractivity contribution < 1.29 is 4.63 Å². The number of rotatable bonds is 5. The van der Waals surface area contributed by atoms with E-state index in [4.69, 9.17) is 27.6 Å². The Labute approximate surface area is 170 Å². The van der Waals surface area contributed by atoms with E-state index >= 15 is 0 Å². The van der Waals surface area contributed by atoms with Gasteiger partial charge in [0.05, 0.1) is 10.5 Å². The van der Waals surface area contributed by atoms with Crippen LogP contribution in [0.25, 0.3) is 22.6 Å². The molecule has 0 spiro atoms. The molecule has 0 aliphatic heterocycles. The number of hydrogen-bond acceptors (Lipinski definition) is 8. The molecule has 142 valence electrons. The predicted molar refractivity (Wildman–Crippen MR) is 113 cm³/mol. The topological polar surface area (TPSA) is 108 Å². The van der Waals surface area contributed by atoms with Crippen LogP contribution < -0.4 is 11.1 Å². The SMILES string of the molecule is CCn1c(-c2nonc2N)nc2c(Sc3cccc(NC(C)=S)c3)nccc21. The first-order valence-corrected chi connectivity index (χ1v) is 9.78. The van der Waals surface area contributed by atoms with Gasteiger partial charge in [-0.25, -0.2) is 14.6 Å². The summed E-state index contributed by atoms with van der Waals surface area (Å²) in [7, 11) is 0. The molecular weight excluding hydrogens is 394 g/mol. The lowest BCUT2D eigenvalue weighted by Crippen LogP contribution is -2.02. The van der Waals surface area contributed by atoms with Gasteiger partial charge in [0.15, 0.2) is 17.3 Å². The zero-order valence-electron chi connectivity index (χ0n) is 15.2. The van der Waals surface area contributed by atoms with Crippen LogP contribution in [0.5, 0.6) is 0 Å². The average molecular weight is 412 g/mol. The van der Waals surface area contributed by atoms with Crippen molar-refractivity contribution in [2.45, 2.75) is 30.3 Å². The van der Waals surface area contributed by atoms with Crippen molar-refractivity contribution in [3.8, 4) is 11.5 Å². The monoisotopic (exact) mass is 411 g/mol. The number of nitrogens with two attached hydrogens (primary N) is 1. The molecule has 0 bridgehead atoms. The molecule has 0 atom stereocenters. The molecule has 4 aromatic rings. The summed E-state index contributed by atoms with van der Waals surface area (Å²) in [5.41, 5.74) is 8.96. The van der Waals surface area contributed by atoms with E-state index in [1.807, 2.05) is 48.7 Å². The maximum Gasteiger partial charge on any atom is 0.199 e. The molecule has 0 aliphatic rings. The Morgan fingerprint density at radius 3 is 2.89 bits per heavy atom. The van der Waals surface area contributed by atoms with Crippen molar-refractivity contribution in [2.75, 3.05) is 11.1 Å². The van der Waals surface area contributed by atoms with Crippen molar-refractivity contribution in [1.29, 1.82) is 0 Å². The van der Waals surface area contributed by atoms with Gasteiger partial charge in [0.1, 0.15) is 10.5 Å². The summed E-state index contributed by atoms with van der Waals surface area (Å²) in [6, 6.07) is 9.92. The molecular formula is C18H17N7OS2. The molecule has 3 N–H and O–H groups in total. The van der Waals surface area contributed by atoms with E-state index in [0.717, 1.165) is 26.6 Å². The van der Waals surface area contributed by atoms with Crippen molar-refractivity contribution >= 4 is 51.5 Å². The van der Waals surface area contributed by atoms with E-state index in [2.05, 4.69) is 20.6 Å². The van der Waals surface area contributed by atoms with E-state index in [1.165, 1.54) is 11.8 Å². The Morgan fingerprint density at radius 1 is 1.32 bits per heavy atom. The van der Waals surface area contributed by atoms with Gasteiger partial charge < -0.3 is 15.6 Å². The second-order valence-corrected chi connectivity index (χ2v) is 7.65. The maximum absolute atomic E-state index is 5.88. The highest BCUT2D eigenvalue weighted by molar-refractivity contribution is 7.99. The third kappa shape index (κ3) is 3.43. The van der Waals surface area contributed by atoms with Crippen LogP contribution in [0.1, 0.15) is 13.8 Å². The van der Waals surface area contributed by atoms with Crippen molar-refractivity contribution in [3.63, 3.8) is 0 Å². The van der Waals surface area contributed by atoms with Gasteiger partial charge in [0.2, 0.25) is 0 Å². The number of fused-ring (bicyclic) bond motifs is 1. The van der Waals surface area contributed by atoms with E-state index < -0.39 is 0 Å².